The van der Waals surface area contributed by atoms with Crippen molar-refractivity contribution in [1.82, 2.24) is 0 Å². The standard InChI is InChI=1S/C13H19BrN2/c1-16(2)11-7-5-6-10(14)12(11)13(15)8-3-4-9-13/h5-7H,3-4,8-9,15H2,1-2H3. The Bertz CT molecular complexity index is 382. The molecular weight excluding hydrogens is 264 g/mol. The van der Waals surface area contributed by atoms with Gasteiger partial charge in [0.05, 0.1) is 0 Å². The fourth-order valence-corrected chi connectivity index (χ4v) is 3.38. The second kappa shape index (κ2) is 4.38. The van der Waals surface area contributed by atoms with Crippen LogP contribution in [0.25, 0.3) is 0 Å². The van der Waals surface area contributed by atoms with Gasteiger partial charge in [-0.2, -0.15) is 0 Å². The van der Waals surface area contributed by atoms with Crippen LogP contribution in [0.3, 0.4) is 0 Å². The molecule has 3 heteroatoms. The average molecular weight is 283 g/mol. The molecule has 0 unspecified atom stereocenters. The molecule has 2 rings (SSSR count). The molecule has 0 aliphatic heterocycles. The minimum absolute atomic E-state index is 0.139. The molecule has 2 N–H and O–H groups in total. The maximum atomic E-state index is 6.56. The molecule has 1 aromatic rings. The highest BCUT2D eigenvalue weighted by molar-refractivity contribution is 9.10. The Balaban J connectivity index is 2.53. The summed E-state index contributed by atoms with van der Waals surface area (Å²) in [5.74, 6) is 0. The fraction of sp³-hybridized carbons (Fsp3) is 0.538. The van der Waals surface area contributed by atoms with Crippen molar-refractivity contribution < 1.29 is 0 Å². The van der Waals surface area contributed by atoms with E-state index in [0.29, 0.717) is 0 Å². The number of benzene rings is 1. The largest absolute Gasteiger partial charge is 0.377 e. The molecule has 0 atom stereocenters. The van der Waals surface area contributed by atoms with E-state index >= 15 is 0 Å². The molecule has 1 aliphatic carbocycles. The molecule has 1 fully saturated rings. The highest BCUT2D eigenvalue weighted by Crippen LogP contribution is 2.43. The van der Waals surface area contributed by atoms with Crippen molar-refractivity contribution in [1.29, 1.82) is 0 Å². The zero-order valence-electron chi connectivity index (χ0n) is 9.96. The smallest absolute Gasteiger partial charge is 0.0441 e. The lowest BCUT2D eigenvalue weighted by atomic mass is 9.88. The zero-order valence-corrected chi connectivity index (χ0v) is 11.5. The van der Waals surface area contributed by atoms with E-state index < -0.39 is 0 Å². The van der Waals surface area contributed by atoms with Crippen LogP contribution in [-0.2, 0) is 5.54 Å². The van der Waals surface area contributed by atoms with Gasteiger partial charge in [0.1, 0.15) is 0 Å². The van der Waals surface area contributed by atoms with Crippen molar-refractivity contribution >= 4 is 21.6 Å². The summed E-state index contributed by atoms with van der Waals surface area (Å²) in [5, 5.41) is 0. The van der Waals surface area contributed by atoms with Crippen LogP contribution < -0.4 is 10.6 Å². The minimum Gasteiger partial charge on any atom is -0.377 e. The summed E-state index contributed by atoms with van der Waals surface area (Å²) >= 11 is 3.65. The molecule has 1 aromatic carbocycles. The van der Waals surface area contributed by atoms with Crippen LogP contribution in [0, 0.1) is 0 Å². The third kappa shape index (κ3) is 1.98. The van der Waals surface area contributed by atoms with Gasteiger partial charge in [-0.05, 0) is 25.0 Å². The number of halogens is 1. The van der Waals surface area contributed by atoms with Gasteiger partial charge in [0.25, 0.3) is 0 Å². The first kappa shape index (κ1) is 11.9. The van der Waals surface area contributed by atoms with E-state index in [9.17, 15) is 0 Å². The third-order valence-electron chi connectivity index (χ3n) is 3.47. The van der Waals surface area contributed by atoms with Gasteiger partial charge in [0.15, 0.2) is 0 Å². The van der Waals surface area contributed by atoms with Gasteiger partial charge in [-0.1, -0.05) is 34.8 Å². The fourth-order valence-electron chi connectivity index (χ4n) is 2.63. The van der Waals surface area contributed by atoms with Gasteiger partial charge in [-0.3, -0.25) is 0 Å². The number of anilines is 1. The van der Waals surface area contributed by atoms with Crippen molar-refractivity contribution in [3.63, 3.8) is 0 Å². The lowest BCUT2D eigenvalue weighted by Gasteiger charge is -2.30. The Morgan fingerprint density at radius 1 is 1.25 bits per heavy atom. The Labute approximate surface area is 106 Å². The Hall–Kier alpha value is -0.540. The van der Waals surface area contributed by atoms with E-state index in [0.717, 1.165) is 17.3 Å². The molecule has 88 valence electrons. The molecule has 16 heavy (non-hydrogen) atoms. The Morgan fingerprint density at radius 2 is 1.88 bits per heavy atom. The van der Waals surface area contributed by atoms with Gasteiger partial charge in [0.2, 0.25) is 0 Å². The molecule has 0 amide bonds. The molecule has 0 aromatic heterocycles. The van der Waals surface area contributed by atoms with E-state index in [1.807, 2.05) is 0 Å². The van der Waals surface area contributed by atoms with E-state index in [1.165, 1.54) is 24.1 Å². The summed E-state index contributed by atoms with van der Waals surface area (Å²) in [4.78, 5) is 2.15. The van der Waals surface area contributed by atoms with Crippen LogP contribution in [0.4, 0.5) is 5.69 Å². The topological polar surface area (TPSA) is 29.3 Å². The SMILES string of the molecule is CN(C)c1cccc(Br)c1C1(N)CCCC1. The lowest BCUT2D eigenvalue weighted by Crippen LogP contribution is -2.35. The third-order valence-corrected chi connectivity index (χ3v) is 4.13. The Kier molecular flexibility index (Phi) is 3.27. The van der Waals surface area contributed by atoms with Crippen LogP contribution in [0.15, 0.2) is 22.7 Å². The highest BCUT2D eigenvalue weighted by Gasteiger charge is 2.35. The van der Waals surface area contributed by atoms with Crippen molar-refractivity contribution in [2.24, 2.45) is 5.73 Å². The Morgan fingerprint density at radius 3 is 2.44 bits per heavy atom. The predicted molar refractivity (Wildman–Crippen MR) is 72.8 cm³/mol. The molecule has 0 heterocycles. The lowest BCUT2D eigenvalue weighted by molar-refractivity contribution is 0.460. The molecule has 1 saturated carbocycles. The van der Waals surface area contributed by atoms with Crippen molar-refractivity contribution in [2.75, 3.05) is 19.0 Å². The van der Waals surface area contributed by atoms with E-state index in [1.54, 1.807) is 0 Å². The van der Waals surface area contributed by atoms with Crippen molar-refractivity contribution in [3.8, 4) is 0 Å². The monoisotopic (exact) mass is 282 g/mol. The number of rotatable bonds is 2. The molecule has 0 saturated heterocycles. The van der Waals surface area contributed by atoms with Crippen molar-refractivity contribution in [2.45, 2.75) is 31.2 Å². The van der Waals surface area contributed by atoms with Gasteiger partial charge < -0.3 is 10.6 Å². The second-order valence-corrected chi connectivity index (χ2v) is 5.75. The first-order chi connectivity index (χ1) is 7.54. The van der Waals surface area contributed by atoms with E-state index in [4.69, 9.17) is 5.73 Å². The summed E-state index contributed by atoms with van der Waals surface area (Å²) < 4.78 is 1.14. The van der Waals surface area contributed by atoms with Gasteiger partial charge >= 0.3 is 0 Å². The number of hydrogen-bond acceptors (Lipinski definition) is 2. The van der Waals surface area contributed by atoms with Crippen LogP contribution in [0.5, 0.6) is 0 Å². The van der Waals surface area contributed by atoms with Crippen LogP contribution >= 0.6 is 15.9 Å². The summed E-state index contributed by atoms with van der Waals surface area (Å²) in [6.45, 7) is 0. The van der Waals surface area contributed by atoms with Gasteiger partial charge in [0, 0.05) is 35.4 Å². The van der Waals surface area contributed by atoms with Crippen LogP contribution in [0.1, 0.15) is 31.2 Å². The first-order valence-corrected chi connectivity index (χ1v) is 6.59. The maximum Gasteiger partial charge on any atom is 0.0441 e. The average Bonchev–Trinajstić information content (AvgIpc) is 2.65. The summed E-state index contributed by atoms with van der Waals surface area (Å²) in [6, 6.07) is 6.31. The van der Waals surface area contributed by atoms with Crippen LogP contribution in [0.2, 0.25) is 0 Å². The van der Waals surface area contributed by atoms with Crippen LogP contribution in [-0.4, -0.2) is 14.1 Å². The van der Waals surface area contributed by atoms with E-state index in [-0.39, 0.29) is 5.54 Å². The molecule has 0 bridgehead atoms. The maximum absolute atomic E-state index is 6.56. The minimum atomic E-state index is -0.139. The summed E-state index contributed by atoms with van der Waals surface area (Å²) in [6.07, 6.45) is 4.67. The molecule has 2 nitrogen and oxygen atoms in total. The zero-order chi connectivity index (χ0) is 11.8. The molecule has 1 aliphatic rings. The van der Waals surface area contributed by atoms with Crippen molar-refractivity contribution in [3.05, 3.63) is 28.2 Å². The summed E-state index contributed by atoms with van der Waals surface area (Å²) in [7, 11) is 4.15. The van der Waals surface area contributed by atoms with Gasteiger partial charge in [-0.15, -0.1) is 0 Å². The molecule has 0 radical (unpaired) electrons. The molecule has 0 spiro atoms. The first-order valence-electron chi connectivity index (χ1n) is 5.80. The summed E-state index contributed by atoms with van der Waals surface area (Å²) in [5.41, 5.74) is 8.93. The number of nitrogens with two attached hydrogens (primary N) is 1. The normalized spacial score (nSPS) is 18.8. The van der Waals surface area contributed by atoms with Gasteiger partial charge in [-0.25, -0.2) is 0 Å². The predicted octanol–water partition coefficient (Wildman–Crippen LogP) is 3.24. The molecular formula is C13H19BrN2. The van der Waals surface area contributed by atoms with E-state index in [2.05, 4.69) is 53.1 Å². The highest BCUT2D eigenvalue weighted by atomic mass is 79.9. The second-order valence-electron chi connectivity index (χ2n) is 4.89. The number of nitrogens with zero attached hydrogens (tertiary/aromatic N) is 1. The number of hydrogen-bond donors (Lipinski definition) is 1. The quantitative estimate of drug-likeness (QED) is 0.902.